The van der Waals surface area contributed by atoms with Crippen LogP contribution in [-0.4, -0.2) is 31.5 Å². The quantitative estimate of drug-likeness (QED) is 0.659. The van der Waals surface area contributed by atoms with Crippen molar-refractivity contribution in [1.82, 2.24) is 14.7 Å². The molecule has 8 heteroatoms. The first-order chi connectivity index (χ1) is 11.5. The molecule has 3 rings (SSSR count). The third-order valence-electron chi connectivity index (χ3n) is 3.56. The van der Waals surface area contributed by atoms with Crippen LogP contribution in [0.3, 0.4) is 0 Å². The van der Waals surface area contributed by atoms with Gasteiger partial charge in [-0.15, -0.1) is 11.3 Å². The largest absolute Gasteiger partial charge is 0.368 e. The summed E-state index contributed by atoms with van der Waals surface area (Å²) in [7, 11) is -3.45. The summed E-state index contributed by atoms with van der Waals surface area (Å²) in [4.78, 5) is 9.50. The Balaban J connectivity index is 1.64. The lowest BCUT2D eigenvalue weighted by Crippen LogP contribution is -2.28. The molecular weight excluding hydrogens is 344 g/mol. The lowest BCUT2D eigenvalue weighted by Gasteiger charge is -2.10. The first-order valence-corrected chi connectivity index (χ1v) is 9.77. The molecule has 3 aromatic rings. The first kappa shape index (κ1) is 16.8. The number of rotatable bonds is 6. The van der Waals surface area contributed by atoms with Gasteiger partial charge in [-0.05, 0) is 37.6 Å². The lowest BCUT2D eigenvalue weighted by molar-refractivity contribution is 0.585. The highest BCUT2D eigenvalue weighted by atomic mass is 32.2. The van der Waals surface area contributed by atoms with Crippen LogP contribution >= 0.6 is 11.3 Å². The zero-order chi connectivity index (χ0) is 17.2. The molecule has 0 spiro atoms. The fourth-order valence-electron chi connectivity index (χ4n) is 2.37. The molecule has 0 saturated carbocycles. The van der Waals surface area contributed by atoms with Gasteiger partial charge < -0.3 is 5.32 Å². The predicted octanol–water partition coefficient (Wildman–Crippen LogP) is 2.70. The van der Waals surface area contributed by atoms with Gasteiger partial charge in [-0.25, -0.2) is 23.1 Å². The summed E-state index contributed by atoms with van der Waals surface area (Å²) in [6.07, 6.45) is 1.51. The van der Waals surface area contributed by atoms with E-state index in [1.165, 1.54) is 17.7 Å². The Labute approximate surface area is 145 Å². The van der Waals surface area contributed by atoms with Crippen molar-refractivity contribution >= 4 is 38.1 Å². The SMILES string of the molecule is Cc1ccc(S(=O)(=O)NCCNc2ncnc3c(C)cccc23)s1. The van der Waals surface area contributed by atoms with E-state index >= 15 is 0 Å². The number of aromatic nitrogens is 2. The molecule has 0 saturated heterocycles. The van der Waals surface area contributed by atoms with Crippen molar-refractivity contribution in [2.75, 3.05) is 18.4 Å². The zero-order valence-corrected chi connectivity index (χ0v) is 15.0. The molecule has 0 unspecified atom stereocenters. The van der Waals surface area contributed by atoms with Crippen LogP contribution in [0, 0.1) is 13.8 Å². The topological polar surface area (TPSA) is 84.0 Å². The maximum absolute atomic E-state index is 12.2. The van der Waals surface area contributed by atoms with E-state index in [0.717, 1.165) is 21.3 Å². The van der Waals surface area contributed by atoms with Crippen LogP contribution in [0.15, 0.2) is 40.9 Å². The molecule has 2 aromatic heterocycles. The van der Waals surface area contributed by atoms with Crippen LogP contribution in [0.4, 0.5) is 5.82 Å². The van der Waals surface area contributed by atoms with Gasteiger partial charge in [0, 0.05) is 23.4 Å². The van der Waals surface area contributed by atoms with Crippen LogP contribution in [0.5, 0.6) is 0 Å². The van der Waals surface area contributed by atoms with E-state index in [0.29, 0.717) is 16.6 Å². The fraction of sp³-hybridized carbons (Fsp3) is 0.250. The number of fused-ring (bicyclic) bond motifs is 1. The molecule has 0 aliphatic rings. The summed E-state index contributed by atoms with van der Waals surface area (Å²) in [5.74, 6) is 0.704. The molecule has 0 aliphatic heterocycles. The van der Waals surface area contributed by atoms with Gasteiger partial charge in [0.15, 0.2) is 0 Å². The second kappa shape index (κ2) is 6.84. The van der Waals surface area contributed by atoms with Crippen molar-refractivity contribution in [3.63, 3.8) is 0 Å². The van der Waals surface area contributed by atoms with Crippen molar-refractivity contribution in [1.29, 1.82) is 0 Å². The maximum Gasteiger partial charge on any atom is 0.250 e. The fourth-order valence-corrected chi connectivity index (χ4v) is 4.73. The molecule has 6 nitrogen and oxygen atoms in total. The number of sulfonamides is 1. The lowest BCUT2D eigenvalue weighted by atomic mass is 10.1. The molecule has 0 aliphatic carbocycles. The molecule has 126 valence electrons. The summed E-state index contributed by atoms with van der Waals surface area (Å²) in [6, 6.07) is 9.32. The molecule has 0 fully saturated rings. The summed E-state index contributed by atoms with van der Waals surface area (Å²) >= 11 is 1.26. The molecule has 0 amide bonds. The Morgan fingerprint density at radius 3 is 2.67 bits per heavy atom. The van der Waals surface area contributed by atoms with E-state index in [1.54, 1.807) is 12.1 Å². The smallest absolute Gasteiger partial charge is 0.250 e. The van der Waals surface area contributed by atoms with Gasteiger partial charge in [0.25, 0.3) is 0 Å². The molecule has 2 N–H and O–H groups in total. The van der Waals surface area contributed by atoms with Gasteiger partial charge in [-0.3, -0.25) is 0 Å². The first-order valence-electron chi connectivity index (χ1n) is 7.48. The van der Waals surface area contributed by atoms with Crippen molar-refractivity contribution in [2.24, 2.45) is 0 Å². The van der Waals surface area contributed by atoms with Gasteiger partial charge >= 0.3 is 0 Å². The van der Waals surface area contributed by atoms with Gasteiger partial charge in [-0.1, -0.05) is 12.1 Å². The minimum Gasteiger partial charge on any atom is -0.368 e. The summed E-state index contributed by atoms with van der Waals surface area (Å²) in [5.41, 5.74) is 1.97. The Kier molecular flexibility index (Phi) is 4.79. The van der Waals surface area contributed by atoms with Crippen molar-refractivity contribution in [3.8, 4) is 0 Å². The second-order valence-corrected chi connectivity index (χ2v) is 8.66. The molecule has 0 radical (unpaired) electrons. The van der Waals surface area contributed by atoms with E-state index in [4.69, 9.17) is 0 Å². The van der Waals surface area contributed by atoms with E-state index in [-0.39, 0.29) is 6.54 Å². The Hall–Kier alpha value is -2.03. The number of aryl methyl sites for hydroxylation is 2. The summed E-state index contributed by atoms with van der Waals surface area (Å²) in [6.45, 7) is 4.59. The zero-order valence-electron chi connectivity index (χ0n) is 13.4. The highest BCUT2D eigenvalue weighted by Crippen LogP contribution is 2.22. The van der Waals surface area contributed by atoms with E-state index < -0.39 is 10.0 Å². The molecule has 0 atom stereocenters. The standard InChI is InChI=1S/C16H18N4O2S2/c1-11-4-3-5-13-15(11)18-10-19-16(13)17-8-9-20-24(21,22)14-7-6-12(2)23-14/h3-7,10,20H,8-9H2,1-2H3,(H,17,18,19). The molecule has 2 heterocycles. The normalized spacial score (nSPS) is 11.8. The summed E-state index contributed by atoms with van der Waals surface area (Å²) in [5, 5.41) is 4.09. The number of para-hydroxylation sites is 1. The second-order valence-electron chi connectivity index (χ2n) is 5.38. The molecule has 0 bridgehead atoms. The van der Waals surface area contributed by atoms with E-state index in [1.807, 2.05) is 32.0 Å². The van der Waals surface area contributed by atoms with Crippen molar-refractivity contribution in [2.45, 2.75) is 18.1 Å². The number of nitrogens with one attached hydrogen (secondary N) is 2. The third-order valence-corrected chi connectivity index (χ3v) is 6.51. The highest BCUT2D eigenvalue weighted by Gasteiger charge is 2.15. The minimum atomic E-state index is -3.45. The molecule has 24 heavy (non-hydrogen) atoms. The van der Waals surface area contributed by atoms with Gasteiger partial charge in [0.1, 0.15) is 16.4 Å². The number of thiophene rings is 1. The Bertz CT molecular complexity index is 967. The predicted molar refractivity (Wildman–Crippen MR) is 97.0 cm³/mol. The molecule has 1 aromatic carbocycles. The van der Waals surface area contributed by atoms with Crippen LogP contribution in [0.1, 0.15) is 10.4 Å². The third kappa shape index (κ3) is 3.55. The highest BCUT2D eigenvalue weighted by molar-refractivity contribution is 7.91. The Morgan fingerprint density at radius 1 is 1.08 bits per heavy atom. The van der Waals surface area contributed by atoms with Gasteiger partial charge in [-0.2, -0.15) is 0 Å². The number of anilines is 1. The van der Waals surface area contributed by atoms with E-state index in [2.05, 4.69) is 20.0 Å². The van der Waals surface area contributed by atoms with Crippen LogP contribution in [0.25, 0.3) is 10.9 Å². The van der Waals surface area contributed by atoms with Crippen molar-refractivity contribution < 1.29 is 8.42 Å². The van der Waals surface area contributed by atoms with Crippen LogP contribution in [0.2, 0.25) is 0 Å². The minimum absolute atomic E-state index is 0.274. The average molecular weight is 362 g/mol. The maximum atomic E-state index is 12.2. The Morgan fingerprint density at radius 2 is 1.92 bits per heavy atom. The number of nitrogens with zero attached hydrogens (tertiary/aromatic N) is 2. The van der Waals surface area contributed by atoms with E-state index in [9.17, 15) is 8.42 Å². The number of benzene rings is 1. The summed E-state index contributed by atoms with van der Waals surface area (Å²) < 4.78 is 27.3. The van der Waals surface area contributed by atoms with Crippen LogP contribution in [-0.2, 0) is 10.0 Å². The number of hydrogen-bond donors (Lipinski definition) is 2. The van der Waals surface area contributed by atoms with Gasteiger partial charge in [0.2, 0.25) is 10.0 Å². The van der Waals surface area contributed by atoms with Crippen molar-refractivity contribution in [3.05, 3.63) is 47.1 Å². The number of hydrogen-bond acceptors (Lipinski definition) is 6. The molecular formula is C16H18N4O2S2. The van der Waals surface area contributed by atoms with Gasteiger partial charge in [0.05, 0.1) is 5.52 Å². The monoisotopic (exact) mass is 362 g/mol. The van der Waals surface area contributed by atoms with Crippen LogP contribution < -0.4 is 10.0 Å². The average Bonchev–Trinajstić information content (AvgIpc) is 3.00.